The van der Waals surface area contributed by atoms with E-state index in [-0.39, 0.29) is 12.2 Å². The molecule has 0 amide bonds. The number of aliphatic hydroxyl groups is 1. The Morgan fingerprint density at radius 1 is 1.67 bits per heavy atom. The van der Waals surface area contributed by atoms with Crippen LogP contribution in [0.1, 0.15) is 20.3 Å². The third-order valence-corrected chi connectivity index (χ3v) is 1.50. The summed E-state index contributed by atoms with van der Waals surface area (Å²) in [7, 11) is 0. The topological polar surface area (TPSA) is 32.8 Å². The summed E-state index contributed by atoms with van der Waals surface area (Å²) >= 11 is 0. The summed E-state index contributed by atoms with van der Waals surface area (Å²) in [6.45, 7) is 4.96. The van der Waals surface area contributed by atoms with Crippen LogP contribution in [0.4, 0.5) is 0 Å². The van der Waals surface area contributed by atoms with Crippen molar-refractivity contribution in [3.05, 3.63) is 0 Å². The zero-order valence-corrected chi connectivity index (χ0v) is 6.00. The summed E-state index contributed by atoms with van der Waals surface area (Å²) in [6, 6.07) is 0. The molecule has 0 radical (unpaired) electrons. The van der Waals surface area contributed by atoms with Crippen LogP contribution in [0.2, 0.25) is 0 Å². The molecule has 1 heterocycles. The molecule has 54 valence electrons. The quantitative estimate of drug-likeness (QED) is 0.573. The van der Waals surface area contributed by atoms with Gasteiger partial charge in [-0.25, -0.2) is 0 Å². The second-order valence-corrected chi connectivity index (χ2v) is 3.07. The van der Waals surface area contributed by atoms with E-state index in [2.05, 4.69) is 13.8 Å². The van der Waals surface area contributed by atoms with Crippen molar-refractivity contribution in [3.8, 4) is 0 Å². The van der Waals surface area contributed by atoms with Crippen LogP contribution in [-0.4, -0.2) is 23.9 Å². The smallest absolute Gasteiger partial charge is 0.107 e. The van der Waals surface area contributed by atoms with Crippen molar-refractivity contribution in [2.75, 3.05) is 6.61 Å². The summed E-state index contributed by atoms with van der Waals surface area (Å²) in [5.74, 6) is 0.573. The maximum Gasteiger partial charge on any atom is 0.107 e. The number of rotatable bonds is 3. The van der Waals surface area contributed by atoms with E-state index in [0.717, 1.165) is 13.0 Å². The Hall–Kier alpha value is -0.0800. The van der Waals surface area contributed by atoms with Crippen LogP contribution in [0, 0.1) is 5.92 Å². The zero-order chi connectivity index (χ0) is 6.85. The highest BCUT2D eigenvalue weighted by Gasteiger charge is 2.31. The van der Waals surface area contributed by atoms with Gasteiger partial charge in [0.1, 0.15) is 6.10 Å². The van der Waals surface area contributed by atoms with Gasteiger partial charge in [-0.1, -0.05) is 13.8 Å². The first kappa shape index (κ1) is 7.03. The molecule has 0 aromatic rings. The van der Waals surface area contributed by atoms with E-state index in [1.165, 1.54) is 0 Å². The Kier molecular flexibility index (Phi) is 2.09. The second kappa shape index (κ2) is 2.67. The Morgan fingerprint density at radius 2 is 2.22 bits per heavy atom. The minimum Gasteiger partial charge on any atom is -0.390 e. The second-order valence-electron chi connectivity index (χ2n) is 3.07. The molecule has 0 unspecified atom stereocenters. The van der Waals surface area contributed by atoms with E-state index >= 15 is 0 Å². The lowest BCUT2D eigenvalue weighted by atomic mass is 10.0. The van der Waals surface area contributed by atoms with Gasteiger partial charge in [0.05, 0.1) is 12.7 Å². The van der Waals surface area contributed by atoms with Crippen molar-refractivity contribution in [3.63, 3.8) is 0 Å². The van der Waals surface area contributed by atoms with E-state index in [1.54, 1.807) is 0 Å². The Labute approximate surface area is 55.8 Å². The monoisotopic (exact) mass is 130 g/mol. The van der Waals surface area contributed by atoms with Gasteiger partial charge in [-0.05, 0) is 12.3 Å². The predicted octanol–water partition coefficient (Wildman–Crippen LogP) is 0.792. The summed E-state index contributed by atoms with van der Waals surface area (Å²) < 4.78 is 4.92. The SMILES string of the molecule is CC(C)C[C@H](O)[C@@H]1CO1. The van der Waals surface area contributed by atoms with Crippen molar-refractivity contribution in [2.24, 2.45) is 5.92 Å². The number of hydrogen-bond donors (Lipinski definition) is 1. The minimum absolute atomic E-state index is 0.160. The van der Waals surface area contributed by atoms with Gasteiger partial charge in [0.25, 0.3) is 0 Å². The van der Waals surface area contributed by atoms with E-state index in [9.17, 15) is 5.11 Å². The Bertz CT molecular complexity index is 86.9. The Balaban J connectivity index is 2.10. The van der Waals surface area contributed by atoms with Crippen LogP contribution < -0.4 is 0 Å². The highest BCUT2D eigenvalue weighted by atomic mass is 16.6. The molecule has 1 N–H and O–H groups in total. The molecule has 2 nitrogen and oxygen atoms in total. The molecule has 0 bridgehead atoms. The van der Waals surface area contributed by atoms with Crippen molar-refractivity contribution < 1.29 is 9.84 Å². The molecule has 0 saturated carbocycles. The highest BCUT2D eigenvalue weighted by Crippen LogP contribution is 2.19. The summed E-state index contributed by atoms with van der Waals surface area (Å²) in [5.41, 5.74) is 0. The lowest BCUT2D eigenvalue weighted by Crippen LogP contribution is -2.16. The lowest BCUT2D eigenvalue weighted by molar-refractivity contribution is 0.113. The number of hydrogen-bond acceptors (Lipinski definition) is 2. The molecule has 2 heteroatoms. The van der Waals surface area contributed by atoms with Crippen LogP contribution in [0.3, 0.4) is 0 Å². The molecule has 1 aliphatic heterocycles. The lowest BCUT2D eigenvalue weighted by Gasteiger charge is -2.08. The van der Waals surface area contributed by atoms with Gasteiger partial charge >= 0.3 is 0 Å². The Morgan fingerprint density at radius 3 is 2.56 bits per heavy atom. The highest BCUT2D eigenvalue weighted by molar-refractivity contribution is 4.78. The molecule has 0 spiro atoms. The average Bonchev–Trinajstić information content (AvgIpc) is 2.40. The van der Waals surface area contributed by atoms with Gasteiger partial charge in [0.2, 0.25) is 0 Å². The van der Waals surface area contributed by atoms with Crippen molar-refractivity contribution in [1.82, 2.24) is 0 Å². The van der Waals surface area contributed by atoms with Crippen LogP contribution in [0.5, 0.6) is 0 Å². The first-order chi connectivity index (χ1) is 4.20. The van der Waals surface area contributed by atoms with Crippen molar-refractivity contribution in [1.29, 1.82) is 0 Å². The largest absolute Gasteiger partial charge is 0.390 e. The maximum absolute atomic E-state index is 9.23. The molecule has 0 aliphatic carbocycles. The molecule has 1 fully saturated rings. The van der Waals surface area contributed by atoms with Gasteiger partial charge < -0.3 is 9.84 Å². The van der Waals surface area contributed by atoms with Crippen LogP contribution in [-0.2, 0) is 4.74 Å². The molecule has 2 atom stereocenters. The van der Waals surface area contributed by atoms with Crippen LogP contribution in [0.25, 0.3) is 0 Å². The van der Waals surface area contributed by atoms with E-state index in [0.29, 0.717) is 5.92 Å². The van der Waals surface area contributed by atoms with Crippen LogP contribution >= 0.6 is 0 Å². The van der Waals surface area contributed by atoms with Crippen LogP contribution in [0.15, 0.2) is 0 Å². The summed E-state index contributed by atoms with van der Waals surface area (Å²) in [5, 5.41) is 9.23. The van der Waals surface area contributed by atoms with E-state index in [4.69, 9.17) is 4.74 Å². The van der Waals surface area contributed by atoms with Gasteiger partial charge in [0.15, 0.2) is 0 Å². The van der Waals surface area contributed by atoms with E-state index < -0.39 is 0 Å². The molecular formula is C7H14O2. The molecule has 0 aromatic carbocycles. The van der Waals surface area contributed by atoms with Gasteiger partial charge in [-0.15, -0.1) is 0 Å². The third-order valence-electron chi connectivity index (χ3n) is 1.50. The van der Waals surface area contributed by atoms with Gasteiger partial charge in [0, 0.05) is 0 Å². The molecule has 1 aliphatic rings. The number of epoxide rings is 1. The molecule has 9 heavy (non-hydrogen) atoms. The summed E-state index contributed by atoms with van der Waals surface area (Å²) in [6.07, 6.45) is 0.808. The predicted molar refractivity (Wildman–Crippen MR) is 35.2 cm³/mol. The minimum atomic E-state index is -0.218. The number of ether oxygens (including phenoxy) is 1. The molecule has 1 saturated heterocycles. The molecule has 1 rings (SSSR count). The fourth-order valence-electron chi connectivity index (χ4n) is 0.912. The average molecular weight is 130 g/mol. The zero-order valence-electron chi connectivity index (χ0n) is 6.00. The molecule has 0 aromatic heterocycles. The number of aliphatic hydroxyl groups excluding tert-OH is 1. The third kappa shape index (κ3) is 2.33. The fraction of sp³-hybridized carbons (Fsp3) is 1.00. The molecular weight excluding hydrogens is 116 g/mol. The standard InChI is InChI=1S/C7H14O2/c1-5(2)3-6(8)7-4-9-7/h5-8H,3-4H2,1-2H3/t6-,7-/m0/s1. The first-order valence-electron chi connectivity index (χ1n) is 3.50. The fourth-order valence-corrected chi connectivity index (χ4v) is 0.912. The summed E-state index contributed by atoms with van der Waals surface area (Å²) in [4.78, 5) is 0. The van der Waals surface area contributed by atoms with Gasteiger partial charge in [-0.2, -0.15) is 0 Å². The van der Waals surface area contributed by atoms with Crippen molar-refractivity contribution >= 4 is 0 Å². The normalized spacial score (nSPS) is 28.7. The maximum atomic E-state index is 9.23. The first-order valence-corrected chi connectivity index (χ1v) is 3.50. The van der Waals surface area contributed by atoms with Crippen molar-refractivity contribution in [2.45, 2.75) is 32.5 Å². The van der Waals surface area contributed by atoms with E-state index in [1.807, 2.05) is 0 Å². The van der Waals surface area contributed by atoms with Gasteiger partial charge in [-0.3, -0.25) is 0 Å².